The zero-order valence-corrected chi connectivity index (χ0v) is 16.0. The van der Waals surface area contributed by atoms with Crippen LogP contribution in [0.2, 0.25) is 5.02 Å². The highest BCUT2D eigenvalue weighted by atomic mass is 35.5. The van der Waals surface area contributed by atoms with Gasteiger partial charge in [-0.3, -0.25) is 0 Å². The van der Waals surface area contributed by atoms with E-state index >= 15 is 0 Å². The van der Waals surface area contributed by atoms with Gasteiger partial charge in [0.15, 0.2) is 5.16 Å². The maximum atomic E-state index is 5.86. The van der Waals surface area contributed by atoms with Gasteiger partial charge in [0.05, 0.1) is 12.3 Å². The van der Waals surface area contributed by atoms with Crippen LogP contribution in [0.5, 0.6) is 5.75 Å². The molecule has 2 heterocycles. The van der Waals surface area contributed by atoms with Crippen LogP contribution >= 0.6 is 34.7 Å². The predicted molar refractivity (Wildman–Crippen MR) is 99.4 cm³/mol. The minimum Gasteiger partial charge on any atom is -0.486 e. The molecule has 25 heavy (non-hydrogen) atoms. The Morgan fingerprint density at radius 3 is 2.92 bits per heavy atom. The van der Waals surface area contributed by atoms with Crippen molar-refractivity contribution < 1.29 is 9.47 Å². The first-order valence-corrected chi connectivity index (χ1v) is 9.80. The van der Waals surface area contributed by atoms with Crippen molar-refractivity contribution in [2.75, 3.05) is 13.7 Å². The van der Waals surface area contributed by atoms with Crippen molar-refractivity contribution >= 4 is 34.7 Å². The summed E-state index contributed by atoms with van der Waals surface area (Å²) in [6.45, 7) is 1.82. The Hall–Kier alpha value is -1.61. The number of hydrogen-bond acceptors (Lipinski definition) is 7. The monoisotopic (exact) mass is 396 g/mol. The summed E-state index contributed by atoms with van der Waals surface area (Å²) >= 11 is 9.06. The Balaban J connectivity index is 1.50. The van der Waals surface area contributed by atoms with Crippen LogP contribution in [0.4, 0.5) is 0 Å². The Kier molecular flexibility index (Phi) is 6.69. The quantitative estimate of drug-likeness (QED) is 0.511. The number of benzene rings is 1. The normalized spacial score (nSPS) is 11.0. The first kappa shape index (κ1) is 18.2. The van der Waals surface area contributed by atoms with Crippen molar-refractivity contribution in [1.29, 1.82) is 0 Å². The molecule has 3 aromatic rings. The lowest BCUT2D eigenvalue weighted by Crippen LogP contribution is -2.04. The zero-order valence-electron chi connectivity index (χ0n) is 13.6. The third-order valence-electron chi connectivity index (χ3n) is 3.24. The van der Waals surface area contributed by atoms with Crippen molar-refractivity contribution in [1.82, 2.24) is 19.7 Å². The smallest absolute Gasteiger partial charge is 0.191 e. The molecular formula is C16H17ClN4O2S2. The molecule has 0 aliphatic heterocycles. The molecule has 1 aromatic carbocycles. The van der Waals surface area contributed by atoms with E-state index in [1.54, 1.807) is 48.7 Å². The minimum absolute atomic E-state index is 0.445. The van der Waals surface area contributed by atoms with Gasteiger partial charge in [-0.05, 0) is 24.3 Å². The van der Waals surface area contributed by atoms with Gasteiger partial charge >= 0.3 is 0 Å². The van der Waals surface area contributed by atoms with Crippen molar-refractivity contribution in [2.45, 2.75) is 24.1 Å². The second kappa shape index (κ2) is 9.19. The summed E-state index contributed by atoms with van der Waals surface area (Å²) in [5, 5.41) is 12.6. The molecule has 0 amide bonds. The van der Waals surface area contributed by atoms with Crippen LogP contribution in [0.1, 0.15) is 10.7 Å². The average molecular weight is 397 g/mol. The lowest BCUT2D eigenvalue weighted by Gasteiger charge is -2.04. The molecule has 0 aliphatic rings. The molecule has 0 fully saturated rings. The molecule has 0 unspecified atom stereocenters. The first-order chi connectivity index (χ1) is 12.2. The second-order valence-corrected chi connectivity index (χ2v) is 7.39. The van der Waals surface area contributed by atoms with Gasteiger partial charge in [0.2, 0.25) is 0 Å². The molecule has 0 saturated carbocycles. The van der Waals surface area contributed by atoms with Crippen LogP contribution in [0.15, 0.2) is 41.1 Å². The number of rotatable bonds is 9. The fourth-order valence-electron chi connectivity index (χ4n) is 2.00. The summed E-state index contributed by atoms with van der Waals surface area (Å²) in [5.74, 6) is 1.52. The van der Waals surface area contributed by atoms with Gasteiger partial charge in [-0.2, -0.15) is 0 Å². The number of ether oxygens (including phenoxy) is 2. The van der Waals surface area contributed by atoms with Crippen LogP contribution in [-0.4, -0.2) is 33.5 Å². The van der Waals surface area contributed by atoms with Crippen LogP contribution in [0.25, 0.3) is 0 Å². The topological polar surface area (TPSA) is 62.1 Å². The third kappa shape index (κ3) is 5.43. The maximum Gasteiger partial charge on any atom is 0.191 e. The lowest BCUT2D eigenvalue weighted by molar-refractivity contribution is 0.184. The number of hydrogen-bond donors (Lipinski definition) is 0. The highest BCUT2D eigenvalue weighted by molar-refractivity contribution is 7.98. The molecule has 132 valence electrons. The molecule has 0 N–H and O–H groups in total. The maximum absolute atomic E-state index is 5.86. The fraction of sp³-hybridized carbons (Fsp3) is 0.312. The zero-order chi connectivity index (χ0) is 17.5. The number of nitrogens with zero attached hydrogens (tertiary/aromatic N) is 4. The molecule has 0 spiro atoms. The first-order valence-electron chi connectivity index (χ1n) is 7.56. The average Bonchev–Trinajstić information content (AvgIpc) is 3.26. The van der Waals surface area contributed by atoms with Gasteiger partial charge in [0, 0.05) is 29.8 Å². The van der Waals surface area contributed by atoms with Crippen LogP contribution < -0.4 is 4.74 Å². The van der Waals surface area contributed by atoms with Crippen molar-refractivity contribution in [2.24, 2.45) is 0 Å². The van der Waals surface area contributed by atoms with E-state index < -0.39 is 0 Å². The standard InChI is InChI=1S/C16H17ClN4O2S2/c1-22-7-6-21-11-18-20-16(21)25-10-13-9-24-15(19-13)8-23-14-4-2-12(17)3-5-14/h2-5,9,11H,6-8,10H2,1H3. The van der Waals surface area contributed by atoms with Gasteiger partial charge < -0.3 is 14.0 Å². The summed E-state index contributed by atoms with van der Waals surface area (Å²) < 4.78 is 12.8. The van der Waals surface area contributed by atoms with Crippen LogP contribution in [0.3, 0.4) is 0 Å². The van der Waals surface area contributed by atoms with Gasteiger partial charge in [-0.15, -0.1) is 21.5 Å². The van der Waals surface area contributed by atoms with Gasteiger partial charge in [-0.25, -0.2) is 4.98 Å². The molecule has 6 nitrogen and oxygen atoms in total. The van der Waals surface area contributed by atoms with Gasteiger partial charge in [0.1, 0.15) is 23.7 Å². The van der Waals surface area contributed by atoms with Crippen molar-refractivity contribution in [3.8, 4) is 5.75 Å². The fourth-order valence-corrected chi connectivity index (χ4v) is 3.77. The van der Waals surface area contributed by atoms with E-state index in [1.807, 2.05) is 22.1 Å². The molecule has 9 heteroatoms. The summed E-state index contributed by atoms with van der Waals surface area (Å²) in [7, 11) is 1.68. The molecule has 3 rings (SSSR count). The van der Waals surface area contributed by atoms with E-state index in [4.69, 9.17) is 21.1 Å². The Morgan fingerprint density at radius 1 is 1.28 bits per heavy atom. The SMILES string of the molecule is COCCn1cnnc1SCc1csc(COc2ccc(Cl)cc2)n1. The number of thioether (sulfide) groups is 1. The predicted octanol–water partition coefficient (Wildman–Crippen LogP) is 3.91. The van der Waals surface area contributed by atoms with Gasteiger partial charge in [0.25, 0.3) is 0 Å². The number of thiazole rings is 1. The second-order valence-electron chi connectivity index (χ2n) is 5.06. The summed E-state index contributed by atoms with van der Waals surface area (Å²) in [5.41, 5.74) is 1.01. The number of halogens is 1. The van der Waals surface area contributed by atoms with Gasteiger partial charge in [-0.1, -0.05) is 23.4 Å². The number of aromatic nitrogens is 4. The summed E-state index contributed by atoms with van der Waals surface area (Å²) in [6.07, 6.45) is 1.72. The highest BCUT2D eigenvalue weighted by Gasteiger charge is 2.08. The summed E-state index contributed by atoms with van der Waals surface area (Å²) in [6, 6.07) is 7.31. The lowest BCUT2D eigenvalue weighted by atomic mass is 10.3. The van der Waals surface area contributed by atoms with E-state index in [0.717, 1.165) is 33.9 Å². The Labute approximate surface area is 159 Å². The minimum atomic E-state index is 0.445. The molecule has 0 bridgehead atoms. The Bertz CT molecular complexity index is 792. The van der Waals surface area contributed by atoms with Crippen LogP contribution in [-0.2, 0) is 23.6 Å². The van der Waals surface area contributed by atoms with E-state index in [0.29, 0.717) is 18.2 Å². The van der Waals surface area contributed by atoms with Crippen molar-refractivity contribution in [3.63, 3.8) is 0 Å². The van der Waals surface area contributed by atoms with E-state index in [2.05, 4.69) is 15.2 Å². The molecule has 2 aromatic heterocycles. The number of methoxy groups -OCH3 is 1. The molecule has 0 saturated heterocycles. The largest absolute Gasteiger partial charge is 0.486 e. The molecule has 0 aliphatic carbocycles. The summed E-state index contributed by atoms with van der Waals surface area (Å²) in [4.78, 5) is 4.60. The Morgan fingerprint density at radius 2 is 2.12 bits per heavy atom. The third-order valence-corrected chi connectivity index (χ3v) is 5.38. The van der Waals surface area contributed by atoms with E-state index in [-0.39, 0.29) is 0 Å². The highest BCUT2D eigenvalue weighted by Crippen LogP contribution is 2.23. The van der Waals surface area contributed by atoms with E-state index in [9.17, 15) is 0 Å². The van der Waals surface area contributed by atoms with Crippen LogP contribution in [0, 0.1) is 0 Å². The van der Waals surface area contributed by atoms with E-state index in [1.165, 1.54) is 0 Å². The molecular weight excluding hydrogens is 380 g/mol. The molecule has 0 radical (unpaired) electrons. The van der Waals surface area contributed by atoms with Crippen molar-refractivity contribution in [3.05, 3.63) is 51.7 Å². The molecule has 0 atom stereocenters.